The molecule has 7 heteroatoms. The van der Waals surface area contributed by atoms with E-state index in [4.69, 9.17) is 0 Å². The molecule has 0 spiro atoms. The number of hydrogen-bond donors (Lipinski definition) is 2. The number of aromatic hydroxyl groups is 1. The zero-order chi connectivity index (χ0) is 15.2. The molecule has 21 heavy (non-hydrogen) atoms. The average Bonchev–Trinajstić information content (AvgIpc) is 2.98. The SMILES string of the molecule is CCCCc1c(O)nc(SCC(=O)c2cccs2)[nH]c1=O. The van der Waals surface area contributed by atoms with E-state index in [0.717, 1.165) is 24.6 Å². The van der Waals surface area contributed by atoms with Crippen LogP contribution in [0.1, 0.15) is 35.0 Å². The number of thioether (sulfide) groups is 1. The summed E-state index contributed by atoms with van der Waals surface area (Å²) in [5.74, 6) is -0.0810. The van der Waals surface area contributed by atoms with E-state index in [1.165, 1.54) is 11.3 Å². The van der Waals surface area contributed by atoms with Crippen LogP contribution in [0.3, 0.4) is 0 Å². The lowest BCUT2D eigenvalue weighted by Crippen LogP contribution is -2.15. The quantitative estimate of drug-likeness (QED) is 0.465. The molecule has 2 aromatic rings. The first-order chi connectivity index (χ1) is 10.1. The van der Waals surface area contributed by atoms with Gasteiger partial charge in [0.15, 0.2) is 10.9 Å². The van der Waals surface area contributed by atoms with Crippen molar-refractivity contribution in [2.45, 2.75) is 31.3 Å². The summed E-state index contributed by atoms with van der Waals surface area (Å²) in [4.78, 5) is 31.0. The molecule has 0 amide bonds. The van der Waals surface area contributed by atoms with Gasteiger partial charge in [-0.15, -0.1) is 11.3 Å². The molecular weight excluding hydrogens is 308 g/mol. The summed E-state index contributed by atoms with van der Waals surface area (Å²) in [5.41, 5.74) is -0.0206. The predicted octanol–water partition coefficient (Wildman–Crippen LogP) is 2.85. The number of hydrogen-bond acceptors (Lipinski definition) is 6. The van der Waals surface area contributed by atoms with Gasteiger partial charge in [0.05, 0.1) is 16.2 Å². The molecule has 0 aliphatic rings. The van der Waals surface area contributed by atoms with E-state index in [0.29, 0.717) is 16.9 Å². The first-order valence-corrected chi connectivity index (χ1v) is 8.50. The molecule has 0 aromatic carbocycles. The van der Waals surface area contributed by atoms with Crippen LogP contribution in [0.2, 0.25) is 0 Å². The topological polar surface area (TPSA) is 83.1 Å². The fraction of sp³-hybridized carbons (Fsp3) is 0.357. The number of nitrogens with zero attached hydrogens (tertiary/aromatic N) is 1. The van der Waals surface area contributed by atoms with E-state index in [1.54, 1.807) is 6.07 Å². The molecular formula is C14H16N2O3S2. The van der Waals surface area contributed by atoms with Gasteiger partial charge < -0.3 is 10.1 Å². The molecule has 0 unspecified atom stereocenters. The normalized spacial score (nSPS) is 10.7. The average molecular weight is 324 g/mol. The fourth-order valence-electron chi connectivity index (χ4n) is 1.76. The first kappa shape index (κ1) is 15.8. The Labute approximate surface area is 130 Å². The molecule has 0 fully saturated rings. The predicted molar refractivity (Wildman–Crippen MR) is 84.5 cm³/mol. The molecule has 0 saturated carbocycles. The van der Waals surface area contributed by atoms with Crippen LogP contribution in [0.4, 0.5) is 0 Å². The molecule has 2 aromatic heterocycles. The summed E-state index contributed by atoms with van der Waals surface area (Å²) in [6.07, 6.45) is 2.26. The maximum absolute atomic E-state index is 11.9. The standard InChI is InChI=1S/C14H16N2O3S2/c1-2-3-5-9-12(18)15-14(16-13(9)19)21-8-10(17)11-6-4-7-20-11/h4,6-7H,2-3,5,8H2,1H3,(H2,15,16,18,19). The lowest BCUT2D eigenvalue weighted by Gasteiger charge is -2.04. The van der Waals surface area contributed by atoms with Crippen molar-refractivity contribution < 1.29 is 9.90 Å². The number of unbranched alkanes of at least 4 members (excludes halogenated alkanes) is 1. The molecule has 2 rings (SSSR count). The van der Waals surface area contributed by atoms with Crippen LogP contribution >= 0.6 is 23.1 Å². The van der Waals surface area contributed by atoms with Crippen LogP contribution < -0.4 is 5.56 Å². The third-order valence-electron chi connectivity index (χ3n) is 2.89. The van der Waals surface area contributed by atoms with E-state index in [-0.39, 0.29) is 28.1 Å². The monoisotopic (exact) mass is 324 g/mol. The lowest BCUT2D eigenvalue weighted by molar-refractivity contribution is 0.102. The Kier molecular flexibility index (Phi) is 5.58. The van der Waals surface area contributed by atoms with Crippen molar-refractivity contribution in [1.29, 1.82) is 0 Å². The van der Waals surface area contributed by atoms with Gasteiger partial charge in [0, 0.05) is 0 Å². The Hall–Kier alpha value is -1.60. The van der Waals surface area contributed by atoms with Gasteiger partial charge in [0.2, 0.25) is 5.88 Å². The van der Waals surface area contributed by atoms with Crippen molar-refractivity contribution in [3.05, 3.63) is 38.3 Å². The number of carbonyl (C=O) groups excluding carboxylic acids is 1. The molecule has 0 atom stereocenters. The number of carbonyl (C=O) groups is 1. The highest BCUT2D eigenvalue weighted by Crippen LogP contribution is 2.20. The molecule has 5 nitrogen and oxygen atoms in total. The molecule has 0 aliphatic carbocycles. The minimum atomic E-state index is -0.331. The van der Waals surface area contributed by atoms with E-state index in [2.05, 4.69) is 9.97 Å². The van der Waals surface area contributed by atoms with Gasteiger partial charge in [-0.25, -0.2) is 0 Å². The van der Waals surface area contributed by atoms with E-state index < -0.39 is 0 Å². The van der Waals surface area contributed by atoms with E-state index in [1.807, 2.05) is 18.4 Å². The largest absolute Gasteiger partial charge is 0.493 e. The second-order valence-corrected chi connectivity index (χ2v) is 6.38. The van der Waals surface area contributed by atoms with Gasteiger partial charge in [0.25, 0.3) is 5.56 Å². The second-order valence-electron chi connectivity index (χ2n) is 4.47. The van der Waals surface area contributed by atoms with Crippen molar-refractivity contribution in [3.8, 4) is 5.88 Å². The lowest BCUT2D eigenvalue weighted by atomic mass is 10.1. The molecule has 0 saturated heterocycles. The van der Waals surface area contributed by atoms with Crippen molar-refractivity contribution >= 4 is 28.9 Å². The Bertz CT molecular complexity index is 665. The summed E-state index contributed by atoms with van der Waals surface area (Å²) < 4.78 is 0. The minimum Gasteiger partial charge on any atom is -0.493 e. The van der Waals surface area contributed by atoms with Gasteiger partial charge in [-0.2, -0.15) is 4.98 Å². The van der Waals surface area contributed by atoms with Crippen LogP contribution in [0.25, 0.3) is 0 Å². The molecule has 0 bridgehead atoms. The summed E-state index contributed by atoms with van der Waals surface area (Å²) in [7, 11) is 0. The molecule has 0 radical (unpaired) electrons. The van der Waals surface area contributed by atoms with Gasteiger partial charge in [-0.05, 0) is 24.3 Å². The number of aromatic amines is 1. The van der Waals surface area contributed by atoms with Crippen LogP contribution in [-0.2, 0) is 6.42 Å². The first-order valence-electron chi connectivity index (χ1n) is 6.63. The fourth-order valence-corrected chi connectivity index (χ4v) is 3.25. The summed E-state index contributed by atoms with van der Waals surface area (Å²) in [6, 6.07) is 3.58. The third-order valence-corrected chi connectivity index (χ3v) is 4.67. The van der Waals surface area contributed by atoms with Gasteiger partial charge >= 0.3 is 0 Å². The molecule has 2 N–H and O–H groups in total. The molecule has 0 aliphatic heterocycles. The van der Waals surface area contributed by atoms with Crippen molar-refractivity contribution in [2.75, 3.05) is 5.75 Å². The Morgan fingerprint density at radius 1 is 1.52 bits per heavy atom. The number of aromatic nitrogens is 2. The number of ketones is 1. The van der Waals surface area contributed by atoms with Gasteiger partial charge in [-0.1, -0.05) is 31.2 Å². The summed E-state index contributed by atoms with van der Waals surface area (Å²) in [6.45, 7) is 2.01. The Balaban J connectivity index is 2.04. The van der Waals surface area contributed by atoms with Gasteiger partial charge in [-0.3, -0.25) is 9.59 Å². The third kappa shape index (κ3) is 4.18. The maximum atomic E-state index is 11.9. The minimum absolute atomic E-state index is 0.0211. The Morgan fingerprint density at radius 3 is 2.95 bits per heavy atom. The van der Waals surface area contributed by atoms with Crippen molar-refractivity contribution in [2.24, 2.45) is 0 Å². The number of thiophene rings is 1. The number of H-pyrrole nitrogens is 1. The number of rotatable bonds is 7. The van der Waals surface area contributed by atoms with Crippen LogP contribution in [0, 0.1) is 0 Å². The highest BCUT2D eigenvalue weighted by Gasteiger charge is 2.13. The summed E-state index contributed by atoms with van der Waals surface area (Å²) >= 11 is 2.50. The van der Waals surface area contributed by atoms with Crippen LogP contribution in [0.15, 0.2) is 27.5 Å². The van der Waals surface area contributed by atoms with Gasteiger partial charge in [0.1, 0.15) is 0 Å². The zero-order valence-electron chi connectivity index (χ0n) is 11.6. The second kappa shape index (κ2) is 7.42. The highest BCUT2D eigenvalue weighted by atomic mass is 32.2. The van der Waals surface area contributed by atoms with E-state index >= 15 is 0 Å². The molecule has 2 heterocycles. The maximum Gasteiger partial charge on any atom is 0.258 e. The summed E-state index contributed by atoms with van der Waals surface area (Å²) in [5, 5.41) is 11.9. The molecule has 112 valence electrons. The zero-order valence-corrected chi connectivity index (χ0v) is 13.2. The number of Topliss-reactive ketones (excluding diaryl/α,β-unsaturated/α-hetero) is 1. The van der Waals surface area contributed by atoms with Crippen molar-refractivity contribution in [3.63, 3.8) is 0 Å². The highest BCUT2D eigenvalue weighted by molar-refractivity contribution is 7.99. The van der Waals surface area contributed by atoms with Crippen LogP contribution in [0.5, 0.6) is 5.88 Å². The Morgan fingerprint density at radius 2 is 2.33 bits per heavy atom. The van der Waals surface area contributed by atoms with Crippen LogP contribution in [-0.4, -0.2) is 26.6 Å². The van der Waals surface area contributed by atoms with Crippen molar-refractivity contribution in [1.82, 2.24) is 9.97 Å². The van der Waals surface area contributed by atoms with E-state index in [9.17, 15) is 14.7 Å². The number of nitrogens with one attached hydrogen (secondary N) is 1. The smallest absolute Gasteiger partial charge is 0.258 e.